The van der Waals surface area contributed by atoms with Crippen molar-refractivity contribution < 1.29 is 14.5 Å². The van der Waals surface area contributed by atoms with E-state index in [4.69, 9.17) is 4.84 Å². The lowest BCUT2D eigenvalue weighted by atomic mass is 10.5. The van der Waals surface area contributed by atoms with Crippen molar-refractivity contribution in [3.05, 3.63) is 0 Å². The first kappa shape index (κ1) is 10.2. The Morgan fingerprint density at radius 1 is 1.55 bits per heavy atom. The van der Waals surface area contributed by atoms with E-state index in [0.717, 1.165) is 6.42 Å². The zero-order chi connectivity index (χ0) is 8.69. The fourth-order valence-corrected chi connectivity index (χ4v) is 0.617. The average molecular weight is 162 g/mol. The molecule has 0 unspecified atom stereocenters. The molecule has 0 heterocycles. The second-order valence-electron chi connectivity index (χ2n) is 1.90. The topological polar surface area (TPSA) is 50.8 Å². The number of carbonyl (C=O) groups excluding carboxylic acids is 1. The Kier molecular flexibility index (Phi) is 5.50. The third-order valence-corrected chi connectivity index (χ3v) is 1.06. The van der Waals surface area contributed by atoms with Gasteiger partial charge in [-0.15, -0.1) is 0 Å². The summed E-state index contributed by atoms with van der Waals surface area (Å²) in [6.07, 6.45) is 0.838. The minimum absolute atomic E-state index is 0.392. The number of rotatable bonds is 4. The Morgan fingerprint density at radius 3 is 2.55 bits per heavy atom. The SMILES string of the molecule is CCCN(OC)C(=O)NOC. The normalized spacial score (nSPS) is 9.36. The number of hydrogen-bond acceptors (Lipinski definition) is 3. The van der Waals surface area contributed by atoms with E-state index in [0.29, 0.717) is 6.54 Å². The summed E-state index contributed by atoms with van der Waals surface area (Å²) in [5.41, 5.74) is 2.14. The summed E-state index contributed by atoms with van der Waals surface area (Å²) in [5, 5.41) is 1.18. The maximum atomic E-state index is 10.9. The number of amides is 2. The third kappa shape index (κ3) is 3.79. The minimum Gasteiger partial charge on any atom is -0.275 e. The third-order valence-electron chi connectivity index (χ3n) is 1.06. The van der Waals surface area contributed by atoms with Crippen LogP contribution >= 0.6 is 0 Å². The van der Waals surface area contributed by atoms with E-state index in [1.807, 2.05) is 6.92 Å². The molecule has 5 heteroatoms. The van der Waals surface area contributed by atoms with Crippen molar-refractivity contribution in [1.82, 2.24) is 10.5 Å². The molecule has 0 aliphatic heterocycles. The molecule has 1 N–H and O–H groups in total. The predicted octanol–water partition coefficient (Wildman–Crippen LogP) is 0.531. The molecule has 11 heavy (non-hydrogen) atoms. The summed E-state index contributed by atoms with van der Waals surface area (Å²) in [6, 6.07) is -0.392. The lowest BCUT2D eigenvalue weighted by Crippen LogP contribution is -2.39. The molecule has 0 saturated heterocycles. The van der Waals surface area contributed by atoms with E-state index in [1.54, 1.807) is 0 Å². The molecule has 0 radical (unpaired) electrons. The lowest BCUT2D eigenvalue weighted by Gasteiger charge is -2.17. The first-order valence-corrected chi connectivity index (χ1v) is 3.40. The Morgan fingerprint density at radius 2 is 2.18 bits per heavy atom. The monoisotopic (exact) mass is 162 g/mol. The van der Waals surface area contributed by atoms with Crippen molar-refractivity contribution in [2.75, 3.05) is 20.8 Å². The number of carbonyl (C=O) groups is 1. The van der Waals surface area contributed by atoms with Gasteiger partial charge in [-0.25, -0.2) is 15.3 Å². The van der Waals surface area contributed by atoms with Crippen LogP contribution in [-0.4, -0.2) is 31.9 Å². The summed E-state index contributed by atoms with van der Waals surface area (Å²) in [4.78, 5) is 20.1. The number of urea groups is 1. The van der Waals surface area contributed by atoms with Gasteiger partial charge in [0.15, 0.2) is 0 Å². The van der Waals surface area contributed by atoms with Gasteiger partial charge in [-0.05, 0) is 6.42 Å². The van der Waals surface area contributed by atoms with Crippen LogP contribution in [-0.2, 0) is 9.68 Å². The van der Waals surface area contributed by atoms with Gasteiger partial charge in [-0.3, -0.25) is 9.68 Å². The standard InChI is InChI=1S/C6H14N2O3/c1-4-5-8(11-3)6(9)7-10-2/h4-5H2,1-3H3,(H,7,9). The van der Waals surface area contributed by atoms with Gasteiger partial charge in [0.2, 0.25) is 0 Å². The highest BCUT2D eigenvalue weighted by Crippen LogP contribution is 1.91. The van der Waals surface area contributed by atoms with Gasteiger partial charge < -0.3 is 0 Å². The van der Waals surface area contributed by atoms with E-state index in [-0.39, 0.29) is 0 Å². The van der Waals surface area contributed by atoms with Gasteiger partial charge in [-0.2, -0.15) is 0 Å². The van der Waals surface area contributed by atoms with E-state index >= 15 is 0 Å². The Labute approximate surface area is 66.2 Å². The summed E-state index contributed by atoms with van der Waals surface area (Å²) >= 11 is 0. The van der Waals surface area contributed by atoms with Crippen LogP contribution in [0.25, 0.3) is 0 Å². The van der Waals surface area contributed by atoms with Gasteiger partial charge in [0.25, 0.3) is 0 Å². The first-order chi connectivity index (χ1) is 5.26. The highest BCUT2D eigenvalue weighted by atomic mass is 16.7. The maximum Gasteiger partial charge on any atom is 0.365 e. The molecule has 0 saturated carbocycles. The van der Waals surface area contributed by atoms with Crippen LogP contribution < -0.4 is 5.48 Å². The smallest absolute Gasteiger partial charge is 0.275 e. The molecule has 0 aliphatic carbocycles. The number of nitrogens with one attached hydrogen (secondary N) is 1. The van der Waals surface area contributed by atoms with E-state index in [9.17, 15) is 4.79 Å². The number of hydrogen-bond donors (Lipinski definition) is 1. The lowest BCUT2D eigenvalue weighted by molar-refractivity contribution is -0.0971. The van der Waals surface area contributed by atoms with Crippen LogP contribution in [0.1, 0.15) is 13.3 Å². The Hall–Kier alpha value is -0.810. The molecule has 0 aromatic heterocycles. The molecule has 2 amide bonds. The van der Waals surface area contributed by atoms with Crippen LogP contribution in [0.3, 0.4) is 0 Å². The molecule has 0 aliphatic rings. The second kappa shape index (κ2) is 5.94. The molecule has 0 spiro atoms. The van der Waals surface area contributed by atoms with Crippen molar-refractivity contribution in [1.29, 1.82) is 0 Å². The van der Waals surface area contributed by atoms with Crippen molar-refractivity contribution >= 4 is 6.03 Å². The van der Waals surface area contributed by atoms with Crippen molar-refractivity contribution in [3.63, 3.8) is 0 Å². The van der Waals surface area contributed by atoms with Crippen LogP contribution in [0.15, 0.2) is 0 Å². The van der Waals surface area contributed by atoms with Crippen molar-refractivity contribution in [3.8, 4) is 0 Å². The molecule has 66 valence electrons. The number of nitrogens with zero attached hydrogens (tertiary/aromatic N) is 1. The highest BCUT2D eigenvalue weighted by Gasteiger charge is 2.09. The Bertz CT molecular complexity index is 118. The van der Waals surface area contributed by atoms with Gasteiger partial charge in [0, 0.05) is 0 Å². The average Bonchev–Trinajstić information content (AvgIpc) is 2.00. The zero-order valence-electron chi connectivity index (χ0n) is 7.09. The maximum absolute atomic E-state index is 10.9. The molecule has 0 aromatic rings. The van der Waals surface area contributed by atoms with Gasteiger partial charge >= 0.3 is 6.03 Å². The summed E-state index contributed by atoms with van der Waals surface area (Å²) < 4.78 is 0. The summed E-state index contributed by atoms with van der Waals surface area (Å²) in [7, 11) is 2.81. The number of hydroxylamine groups is 3. The largest absolute Gasteiger partial charge is 0.365 e. The quantitative estimate of drug-likeness (QED) is 0.613. The van der Waals surface area contributed by atoms with Gasteiger partial charge in [0.1, 0.15) is 0 Å². The highest BCUT2D eigenvalue weighted by molar-refractivity contribution is 5.71. The van der Waals surface area contributed by atoms with Crippen molar-refractivity contribution in [2.24, 2.45) is 0 Å². The van der Waals surface area contributed by atoms with Crippen LogP contribution in [0, 0.1) is 0 Å². The summed E-state index contributed by atoms with van der Waals surface area (Å²) in [5.74, 6) is 0. The Balaban J connectivity index is 3.71. The van der Waals surface area contributed by atoms with E-state index in [1.165, 1.54) is 19.3 Å². The molecule has 0 atom stereocenters. The minimum atomic E-state index is -0.392. The molecular formula is C6H14N2O3. The molecule has 0 aromatic carbocycles. The van der Waals surface area contributed by atoms with Crippen LogP contribution in [0.4, 0.5) is 4.79 Å². The first-order valence-electron chi connectivity index (χ1n) is 3.40. The van der Waals surface area contributed by atoms with Crippen molar-refractivity contribution in [2.45, 2.75) is 13.3 Å². The second-order valence-corrected chi connectivity index (χ2v) is 1.90. The van der Waals surface area contributed by atoms with Crippen LogP contribution in [0.5, 0.6) is 0 Å². The van der Waals surface area contributed by atoms with Crippen LogP contribution in [0.2, 0.25) is 0 Å². The molecule has 0 fully saturated rings. The molecular weight excluding hydrogens is 148 g/mol. The molecule has 0 rings (SSSR count). The molecule has 5 nitrogen and oxygen atoms in total. The predicted molar refractivity (Wildman–Crippen MR) is 39.5 cm³/mol. The van der Waals surface area contributed by atoms with Gasteiger partial charge in [0.05, 0.1) is 20.8 Å². The fraction of sp³-hybridized carbons (Fsp3) is 0.833. The van der Waals surface area contributed by atoms with E-state index < -0.39 is 6.03 Å². The zero-order valence-corrected chi connectivity index (χ0v) is 7.09. The molecule has 0 bridgehead atoms. The van der Waals surface area contributed by atoms with E-state index in [2.05, 4.69) is 10.3 Å². The van der Waals surface area contributed by atoms with Gasteiger partial charge in [-0.1, -0.05) is 6.92 Å². The summed E-state index contributed by atoms with van der Waals surface area (Å²) in [6.45, 7) is 2.50. The fourth-order valence-electron chi connectivity index (χ4n) is 0.617.